The molecular formula is C24H32N2OS. The third-order valence-corrected chi connectivity index (χ3v) is 6.56. The number of benzene rings is 2. The zero-order chi connectivity index (χ0) is 19.8. The van der Waals surface area contributed by atoms with Crippen molar-refractivity contribution in [1.82, 2.24) is 10.2 Å². The fraction of sp³-hybridized carbons (Fsp3) is 0.458. The summed E-state index contributed by atoms with van der Waals surface area (Å²) in [6.45, 7) is 8.04. The number of carbonyl (C=O) groups excluding carboxylic acids is 1. The molecule has 0 radical (unpaired) electrons. The number of amides is 1. The summed E-state index contributed by atoms with van der Waals surface area (Å²) >= 11 is 1.89. The Kier molecular flexibility index (Phi) is 7.99. The zero-order valence-corrected chi connectivity index (χ0v) is 17.9. The molecule has 1 amide bonds. The number of rotatable bonds is 8. The first-order valence-corrected chi connectivity index (χ1v) is 11.4. The molecule has 28 heavy (non-hydrogen) atoms. The molecule has 1 saturated heterocycles. The van der Waals surface area contributed by atoms with E-state index >= 15 is 0 Å². The van der Waals surface area contributed by atoms with E-state index in [0.29, 0.717) is 0 Å². The van der Waals surface area contributed by atoms with Gasteiger partial charge < -0.3 is 5.32 Å². The molecule has 0 aliphatic carbocycles. The second kappa shape index (κ2) is 10.7. The van der Waals surface area contributed by atoms with Gasteiger partial charge in [-0.1, -0.05) is 54.1 Å². The summed E-state index contributed by atoms with van der Waals surface area (Å²) in [5, 5.41) is 3.15. The van der Waals surface area contributed by atoms with Gasteiger partial charge in [-0.15, -0.1) is 0 Å². The van der Waals surface area contributed by atoms with Gasteiger partial charge in [-0.25, -0.2) is 0 Å². The van der Waals surface area contributed by atoms with E-state index < -0.39 is 0 Å². The standard InChI is InChI=1S/C24H32N2OS/c1-19-7-9-21(10-8-19)17-26-14-11-22(12-15-26)24(27)25-13-16-28-18-23-6-4-3-5-20(23)2/h3-10,22H,11-18H2,1-2H3,(H,25,27). The molecule has 4 heteroatoms. The fourth-order valence-electron chi connectivity index (χ4n) is 3.65. The van der Waals surface area contributed by atoms with Crippen molar-refractivity contribution in [1.29, 1.82) is 0 Å². The number of nitrogens with zero attached hydrogens (tertiary/aromatic N) is 1. The van der Waals surface area contributed by atoms with Crippen LogP contribution in [0.2, 0.25) is 0 Å². The van der Waals surface area contributed by atoms with E-state index in [1.165, 1.54) is 22.3 Å². The summed E-state index contributed by atoms with van der Waals surface area (Å²) in [6.07, 6.45) is 1.93. The Morgan fingerprint density at radius 2 is 1.79 bits per heavy atom. The minimum absolute atomic E-state index is 0.177. The quantitative estimate of drug-likeness (QED) is 0.664. The average Bonchev–Trinajstić information content (AvgIpc) is 2.71. The van der Waals surface area contributed by atoms with Crippen LogP contribution >= 0.6 is 11.8 Å². The molecule has 1 aliphatic rings. The Balaban J connectivity index is 1.30. The van der Waals surface area contributed by atoms with Crippen LogP contribution in [0.25, 0.3) is 0 Å². The van der Waals surface area contributed by atoms with Crippen LogP contribution in [0.5, 0.6) is 0 Å². The second-order valence-electron chi connectivity index (χ2n) is 7.81. The molecule has 1 aliphatic heterocycles. The Morgan fingerprint density at radius 1 is 1.07 bits per heavy atom. The molecule has 1 heterocycles. The molecule has 3 nitrogen and oxygen atoms in total. The summed E-state index contributed by atoms with van der Waals surface area (Å²) in [5.74, 6) is 2.40. The van der Waals surface area contributed by atoms with E-state index in [0.717, 1.165) is 50.5 Å². The van der Waals surface area contributed by atoms with E-state index in [-0.39, 0.29) is 11.8 Å². The SMILES string of the molecule is Cc1ccc(CN2CCC(C(=O)NCCSCc3ccccc3C)CC2)cc1. The third-order valence-electron chi connectivity index (χ3n) is 5.55. The Morgan fingerprint density at radius 3 is 2.50 bits per heavy atom. The van der Waals surface area contributed by atoms with Gasteiger partial charge in [0.05, 0.1) is 0 Å². The minimum Gasteiger partial charge on any atom is -0.355 e. The molecule has 0 bridgehead atoms. The first kappa shape index (κ1) is 20.9. The Bertz CT molecular complexity index is 751. The van der Waals surface area contributed by atoms with Crippen molar-refractivity contribution in [3.05, 3.63) is 70.8 Å². The van der Waals surface area contributed by atoms with Crippen LogP contribution in [0.15, 0.2) is 48.5 Å². The number of hydrogen-bond acceptors (Lipinski definition) is 3. The van der Waals surface area contributed by atoms with Crippen LogP contribution in [0, 0.1) is 19.8 Å². The molecule has 1 N–H and O–H groups in total. The Hall–Kier alpha value is -1.78. The van der Waals surface area contributed by atoms with Crippen molar-refractivity contribution in [2.24, 2.45) is 5.92 Å². The highest BCUT2D eigenvalue weighted by Crippen LogP contribution is 2.20. The van der Waals surface area contributed by atoms with Crippen LogP contribution in [0.3, 0.4) is 0 Å². The zero-order valence-electron chi connectivity index (χ0n) is 17.1. The summed E-state index contributed by atoms with van der Waals surface area (Å²) < 4.78 is 0. The molecule has 0 aromatic heterocycles. The van der Waals surface area contributed by atoms with Crippen LogP contribution in [0.4, 0.5) is 0 Å². The lowest BCUT2D eigenvalue weighted by atomic mass is 9.95. The number of aryl methyl sites for hydroxylation is 2. The van der Waals surface area contributed by atoms with E-state index in [9.17, 15) is 4.79 Å². The largest absolute Gasteiger partial charge is 0.355 e. The van der Waals surface area contributed by atoms with E-state index in [1.807, 2.05) is 11.8 Å². The van der Waals surface area contributed by atoms with Crippen LogP contribution in [0.1, 0.15) is 35.1 Å². The van der Waals surface area contributed by atoms with Gasteiger partial charge in [0, 0.05) is 30.5 Å². The number of thioether (sulfide) groups is 1. The normalized spacial score (nSPS) is 15.5. The Labute approximate surface area is 173 Å². The van der Waals surface area contributed by atoms with Gasteiger partial charge in [0.25, 0.3) is 0 Å². The number of likely N-dealkylation sites (tertiary alicyclic amines) is 1. The van der Waals surface area contributed by atoms with E-state index in [2.05, 4.69) is 72.6 Å². The average molecular weight is 397 g/mol. The fourth-order valence-corrected chi connectivity index (χ4v) is 4.58. The number of hydrogen-bond donors (Lipinski definition) is 1. The van der Waals surface area contributed by atoms with E-state index in [1.54, 1.807) is 0 Å². The molecule has 0 unspecified atom stereocenters. The highest BCUT2D eigenvalue weighted by atomic mass is 32.2. The number of carbonyl (C=O) groups is 1. The molecule has 1 fully saturated rings. The highest BCUT2D eigenvalue weighted by Gasteiger charge is 2.24. The topological polar surface area (TPSA) is 32.3 Å². The van der Waals surface area contributed by atoms with Gasteiger partial charge in [0.15, 0.2) is 0 Å². The van der Waals surface area contributed by atoms with Crippen molar-refractivity contribution in [3.63, 3.8) is 0 Å². The summed E-state index contributed by atoms with van der Waals surface area (Å²) in [7, 11) is 0. The first-order valence-electron chi connectivity index (χ1n) is 10.3. The molecular weight excluding hydrogens is 364 g/mol. The maximum atomic E-state index is 12.4. The molecule has 150 valence electrons. The maximum absolute atomic E-state index is 12.4. The van der Waals surface area contributed by atoms with E-state index in [4.69, 9.17) is 0 Å². The van der Waals surface area contributed by atoms with Gasteiger partial charge in [0.1, 0.15) is 0 Å². The van der Waals surface area contributed by atoms with Gasteiger partial charge in [-0.05, 0) is 56.5 Å². The predicted octanol–water partition coefficient (Wildman–Crippen LogP) is 4.57. The van der Waals surface area contributed by atoms with Crippen molar-refractivity contribution in [2.45, 2.75) is 39.0 Å². The molecule has 2 aromatic rings. The smallest absolute Gasteiger partial charge is 0.223 e. The molecule has 2 aromatic carbocycles. The molecule has 0 saturated carbocycles. The van der Waals surface area contributed by atoms with Crippen molar-refractivity contribution in [3.8, 4) is 0 Å². The van der Waals surface area contributed by atoms with Gasteiger partial charge in [-0.2, -0.15) is 11.8 Å². The monoisotopic (exact) mass is 396 g/mol. The summed E-state index contributed by atoms with van der Waals surface area (Å²) in [5.41, 5.74) is 5.39. The summed E-state index contributed by atoms with van der Waals surface area (Å²) in [4.78, 5) is 14.9. The van der Waals surface area contributed by atoms with Crippen LogP contribution in [-0.2, 0) is 17.1 Å². The number of nitrogens with one attached hydrogen (secondary N) is 1. The second-order valence-corrected chi connectivity index (χ2v) is 8.91. The summed E-state index contributed by atoms with van der Waals surface area (Å²) in [6, 6.07) is 17.3. The molecule has 0 spiro atoms. The van der Waals surface area contributed by atoms with Gasteiger partial charge in [0.2, 0.25) is 5.91 Å². The lowest BCUT2D eigenvalue weighted by Gasteiger charge is -2.31. The van der Waals surface area contributed by atoms with Crippen molar-refractivity contribution in [2.75, 3.05) is 25.4 Å². The first-order chi connectivity index (χ1) is 13.6. The van der Waals surface area contributed by atoms with Gasteiger partial charge in [-0.3, -0.25) is 9.69 Å². The van der Waals surface area contributed by atoms with Crippen LogP contribution < -0.4 is 5.32 Å². The van der Waals surface area contributed by atoms with Crippen LogP contribution in [-0.4, -0.2) is 36.2 Å². The lowest BCUT2D eigenvalue weighted by Crippen LogP contribution is -2.40. The van der Waals surface area contributed by atoms with Crippen molar-refractivity contribution >= 4 is 17.7 Å². The lowest BCUT2D eigenvalue weighted by molar-refractivity contribution is -0.126. The minimum atomic E-state index is 0.177. The third kappa shape index (κ3) is 6.39. The number of piperidine rings is 1. The molecule has 0 atom stereocenters. The highest BCUT2D eigenvalue weighted by molar-refractivity contribution is 7.98. The predicted molar refractivity (Wildman–Crippen MR) is 120 cm³/mol. The van der Waals surface area contributed by atoms with Gasteiger partial charge >= 0.3 is 0 Å². The molecule has 3 rings (SSSR count). The van der Waals surface area contributed by atoms with Crippen molar-refractivity contribution < 1.29 is 4.79 Å². The maximum Gasteiger partial charge on any atom is 0.223 e.